The smallest absolute Gasteiger partial charge is 0.350 e. The molecule has 0 bridgehead atoms. The highest BCUT2D eigenvalue weighted by Crippen LogP contribution is 2.35. The van der Waals surface area contributed by atoms with Crippen LogP contribution >= 0.6 is 15.9 Å². The number of ether oxygens (including phenoxy) is 2. The first-order valence-corrected chi connectivity index (χ1v) is 4.97. The van der Waals surface area contributed by atoms with Gasteiger partial charge in [0.25, 0.3) is 0 Å². The molecule has 16 heavy (non-hydrogen) atoms. The molecule has 0 aromatic carbocycles. The Morgan fingerprint density at radius 3 is 2.31 bits per heavy atom. The number of alkyl halides is 3. The second-order valence-electron chi connectivity index (χ2n) is 2.89. The van der Waals surface area contributed by atoms with E-state index in [0.717, 1.165) is 6.07 Å². The van der Waals surface area contributed by atoms with Gasteiger partial charge in [-0.2, -0.15) is 13.2 Å². The minimum atomic E-state index is -4.50. The molecule has 1 heterocycles. The van der Waals surface area contributed by atoms with E-state index in [1.807, 2.05) is 0 Å². The number of rotatable bonds is 3. The molecular formula is C9H9BrF3NO2. The highest BCUT2D eigenvalue weighted by molar-refractivity contribution is 9.10. The van der Waals surface area contributed by atoms with Crippen molar-refractivity contribution in [2.45, 2.75) is 12.5 Å². The van der Waals surface area contributed by atoms with Crippen LogP contribution in [0.3, 0.4) is 0 Å². The van der Waals surface area contributed by atoms with E-state index in [2.05, 4.69) is 20.9 Å². The summed E-state index contributed by atoms with van der Waals surface area (Å²) in [6.07, 6.45) is -4.37. The molecule has 0 N–H and O–H groups in total. The van der Waals surface area contributed by atoms with Gasteiger partial charge in [-0.1, -0.05) is 0 Å². The van der Waals surface area contributed by atoms with Crippen LogP contribution in [0.25, 0.3) is 0 Å². The maximum Gasteiger partial charge on any atom is 0.418 e. The molecule has 0 saturated carbocycles. The molecule has 0 radical (unpaired) electrons. The van der Waals surface area contributed by atoms with Crippen molar-refractivity contribution < 1.29 is 22.6 Å². The van der Waals surface area contributed by atoms with Crippen LogP contribution in [0, 0.1) is 0 Å². The molecule has 0 aliphatic heterocycles. The molecule has 90 valence electrons. The predicted octanol–water partition coefficient (Wildman–Crippen LogP) is 3.15. The van der Waals surface area contributed by atoms with Crippen LogP contribution in [-0.4, -0.2) is 19.2 Å². The van der Waals surface area contributed by atoms with E-state index in [0.29, 0.717) is 0 Å². The van der Waals surface area contributed by atoms with Crippen LogP contribution in [0.5, 0.6) is 0 Å². The molecule has 0 amide bonds. The Bertz CT molecular complexity index is 366. The first-order chi connectivity index (χ1) is 7.40. The lowest BCUT2D eigenvalue weighted by Crippen LogP contribution is -2.16. The molecule has 1 aromatic rings. The fourth-order valence-corrected chi connectivity index (χ4v) is 1.52. The van der Waals surface area contributed by atoms with Crippen molar-refractivity contribution in [1.82, 2.24) is 4.98 Å². The number of hydrogen-bond acceptors (Lipinski definition) is 3. The van der Waals surface area contributed by atoms with Gasteiger partial charge in [-0.15, -0.1) is 0 Å². The van der Waals surface area contributed by atoms with Crippen molar-refractivity contribution in [3.63, 3.8) is 0 Å². The van der Waals surface area contributed by atoms with E-state index in [-0.39, 0.29) is 10.2 Å². The minimum Gasteiger partial charge on any atom is -0.350 e. The van der Waals surface area contributed by atoms with Crippen molar-refractivity contribution in [3.05, 3.63) is 28.0 Å². The second-order valence-corrected chi connectivity index (χ2v) is 3.80. The van der Waals surface area contributed by atoms with Gasteiger partial charge < -0.3 is 9.47 Å². The third-order valence-electron chi connectivity index (χ3n) is 1.84. The van der Waals surface area contributed by atoms with Crippen LogP contribution in [0.15, 0.2) is 16.7 Å². The summed E-state index contributed by atoms with van der Waals surface area (Å²) in [5, 5.41) is 0. The zero-order valence-corrected chi connectivity index (χ0v) is 10.1. The molecule has 0 unspecified atom stereocenters. The van der Waals surface area contributed by atoms with Gasteiger partial charge in [-0.05, 0) is 22.0 Å². The van der Waals surface area contributed by atoms with Gasteiger partial charge >= 0.3 is 6.18 Å². The van der Waals surface area contributed by atoms with E-state index in [1.165, 1.54) is 20.4 Å². The quantitative estimate of drug-likeness (QED) is 0.804. The fraction of sp³-hybridized carbons (Fsp3) is 0.444. The molecular weight excluding hydrogens is 291 g/mol. The van der Waals surface area contributed by atoms with Crippen LogP contribution in [0.2, 0.25) is 0 Å². The number of pyridine rings is 1. The summed E-state index contributed by atoms with van der Waals surface area (Å²) in [6.45, 7) is 0. The zero-order chi connectivity index (χ0) is 12.3. The molecule has 0 saturated heterocycles. The zero-order valence-electron chi connectivity index (χ0n) is 8.51. The third-order valence-corrected chi connectivity index (χ3v) is 2.28. The standard InChI is InChI=1S/C9H9BrF3NO2/c1-15-8(16-2)7-6(9(11,12)13)3-5(10)4-14-7/h3-4,8H,1-2H3. The fourth-order valence-electron chi connectivity index (χ4n) is 1.18. The number of aromatic nitrogens is 1. The highest BCUT2D eigenvalue weighted by Gasteiger charge is 2.36. The molecule has 1 rings (SSSR count). The average Bonchev–Trinajstić information content (AvgIpc) is 2.20. The summed E-state index contributed by atoms with van der Waals surface area (Å²) >= 11 is 2.94. The predicted molar refractivity (Wildman–Crippen MR) is 53.7 cm³/mol. The molecule has 0 spiro atoms. The van der Waals surface area contributed by atoms with Crippen molar-refractivity contribution in [2.24, 2.45) is 0 Å². The first kappa shape index (κ1) is 13.4. The maximum atomic E-state index is 12.7. The van der Waals surface area contributed by atoms with Gasteiger partial charge in [0.2, 0.25) is 6.29 Å². The average molecular weight is 300 g/mol. The van der Waals surface area contributed by atoms with Crippen LogP contribution < -0.4 is 0 Å². The van der Waals surface area contributed by atoms with Crippen molar-refractivity contribution in [3.8, 4) is 0 Å². The van der Waals surface area contributed by atoms with E-state index in [4.69, 9.17) is 9.47 Å². The Kier molecular flexibility index (Phi) is 4.28. The molecule has 0 fully saturated rings. The summed E-state index contributed by atoms with van der Waals surface area (Å²) in [4.78, 5) is 3.67. The van der Waals surface area contributed by atoms with Crippen molar-refractivity contribution in [1.29, 1.82) is 0 Å². The summed E-state index contributed by atoms with van der Waals surface area (Å²) in [5.74, 6) is 0. The normalized spacial score (nSPS) is 12.2. The minimum absolute atomic E-state index is 0.245. The molecule has 1 aromatic heterocycles. The highest BCUT2D eigenvalue weighted by atomic mass is 79.9. The lowest BCUT2D eigenvalue weighted by atomic mass is 10.2. The SMILES string of the molecule is COC(OC)c1ncc(Br)cc1C(F)(F)F. The molecule has 0 aliphatic rings. The topological polar surface area (TPSA) is 31.4 Å². The van der Waals surface area contributed by atoms with Gasteiger partial charge in [0, 0.05) is 24.9 Å². The molecule has 3 nitrogen and oxygen atoms in total. The van der Waals surface area contributed by atoms with E-state index in [1.54, 1.807) is 0 Å². The molecule has 0 aliphatic carbocycles. The third kappa shape index (κ3) is 2.93. The lowest BCUT2D eigenvalue weighted by molar-refractivity contribution is -0.149. The van der Waals surface area contributed by atoms with Gasteiger partial charge in [0.1, 0.15) is 5.69 Å². The Hall–Kier alpha value is -0.660. The van der Waals surface area contributed by atoms with Crippen molar-refractivity contribution >= 4 is 15.9 Å². The maximum absolute atomic E-state index is 12.7. The van der Waals surface area contributed by atoms with Crippen molar-refractivity contribution in [2.75, 3.05) is 14.2 Å². The Morgan fingerprint density at radius 2 is 1.88 bits per heavy atom. The van der Waals surface area contributed by atoms with E-state index < -0.39 is 18.0 Å². The number of methoxy groups -OCH3 is 2. The Labute approximate surface area is 98.7 Å². The van der Waals surface area contributed by atoms with Gasteiger partial charge in [0.05, 0.1) is 5.56 Å². The van der Waals surface area contributed by atoms with Crippen LogP contribution in [-0.2, 0) is 15.7 Å². The Morgan fingerprint density at radius 1 is 1.31 bits per heavy atom. The summed E-state index contributed by atoms with van der Waals surface area (Å²) < 4.78 is 47.8. The van der Waals surface area contributed by atoms with Crippen LogP contribution in [0.1, 0.15) is 17.5 Å². The first-order valence-electron chi connectivity index (χ1n) is 4.18. The second kappa shape index (κ2) is 5.11. The lowest BCUT2D eigenvalue weighted by Gasteiger charge is -2.18. The monoisotopic (exact) mass is 299 g/mol. The van der Waals surface area contributed by atoms with E-state index >= 15 is 0 Å². The van der Waals surface area contributed by atoms with Gasteiger partial charge in [-0.3, -0.25) is 4.98 Å². The molecule has 0 atom stereocenters. The Balaban J connectivity index is 3.27. The number of halogens is 4. The summed E-state index contributed by atoms with van der Waals surface area (Å²) in [7, 11) is 2.50. The number of nitrogens with zero attached hydrogens (tertiary/aromatic N) is 1. The summed E-state index contributed by atoms with van der Waals surface area (Å²) in [5.41, 5.74) is -1.17. The summed E-state index contributed by atoms with van der Waals surface area (Å²) in [6, 6.07) is 0.938. The largest absolute Gasteiger partial charge is 0.418 e. The van der Waals surface area contributed by atoms with Gasteiger partial charge in [-0.25, -0.2) is 0 Å². The van der Waals surface area contributed by atoms with Crippen LogP contribution in [0.4, 0.5) is 13.2 Å². The van der Waals surface area contributed by atoms with Gasteiger partial charge in [0.15, 0.2) is 0 Å². The van der Waals surface area contributed by atoms with E-state index in [9.17, 15) is 13.2 Å². The number of hydrogen-bond donors (Lipinski definition) is 0. The molecule has 7 heteroatoms.